The maximum absolute atomic E-state index is 13.9. The molecule has 12 heteroatoms. The second-order valence-electron chi connectivity index (χ2n) is 12.7. The van der Waals surface area contributed by atoms with Crippen LogP contribution in [0, 0.1) is 11.8 Å². The molecule has 12 nitrogen and oxygen atoms in total. The molecule has 1 aromatic heterocycles. The molecule has 1 aromatic carbocycles. The minimum Gasteiger partial charge on any atom is -0.361 e. The number of fused-ring (bicyclic) bond motifs is 2. The number of carbonyl (C=O) groups excluding carboxylic acids is 5. The second-order valence-corrected chi connectivity index (χ2v) is 12.7. The molecule has 3 heterocycles. The van der Waals surface area contributed by atoms with Gasteiger partial charge >= 0.3 is 0 Å². The molecule has 44 heavy (non-hydrogen) atoms. The third-order valence-electron chi connectivity index (χ3n) is 8.47. The van der Waals surface area contributed by atoms with Crippen LogP contribution in [0.25, 0.3) is 10.9 Å². The Morgan fingerprint density at radius 3 is 2.23 bits per heavy atom. The molecule has 0 spiro atoms. The number of amides is 5. The first-order valence-electron chi connectivity index (χ1n) is 15.8. The molecular weight excluding hydrogens is 562 g/mol. The van der Waals surface area contributed by atoms with Crippen molar-refractivity contribution in [2.45, 2.75) is 96.4 Å². The van der Waals surface area contributed by atoms with Crippen molar-refractivity contribution >= 4 is 40.4 Å². The fourth-order valence-corrected chi connectivity index (χ4v) is 6.09. The van der Waals surface area contributed by atoms with E-state index in [1.54, 1.807) is 6.20 Å². The molecule has 2 fully saturated rings. The number of hydrogen-bond acceptors (Lipinski definition) is 6. The van der Waals surface area contributed by atoms with Gasteiger partial charge in [-0.2, -0.15) is 0 Å². The van der Waals surface area contributed by atoms with Crippen molar-refractivity contribution in [2.24, 2.45) is 17.6 Å². The van der Waals surface area contributed by atoms with Gasteiger partial charge in [-0.05, 0) is 62.1 Å². The molecule has 2 aliphatic heterocycles. The number of carbonyl (C=O) groups is 5. The summed E-state index contributed by atoms with van der Waals surface area (Å²) in [5.74, 6) is -2.54. The predicted molar refractivity (Wildman–Crippen MR) is 167 cm³/mol. The number of aromatic amines is 1. The number of rotatable bonds is 8. The fraction of sp³-hybridized carbons (Fsp3) is 0.594. The van der Waals surface area contributed by atoms with Crippen molar-refractivity contribution in [1.29, 1.82) is 0 Å². The monoisotopic (exact) mass is 609 g/mol. The van der Waals surface area contributed by atoms with E-state index in [0.717, 1.165) is 16.5 Å². The van der Waals surface area contributed by atoms with Crippen LogP contribution < -0.4 is 27.0 Å². The van der Waals surface area contributed by atoms with Crippen molar-refractivity contribution in [3.8, 4) is 0 Å². The molecule has 0 radical (unpaired) electrons. The lowest BCUT2D eigenvalue weighted by Gasteiger charge is -2.32. The lowest BCUT2D eigenvalue weighted by Crippen LogP contribution is -2.59. The molecule has 5 atom stereocenters. The van der Waals surface area contributed by atoms with Gasteiger partial charge in [0.2, 0.25) is 29.5 Å². The molecule has 4 rings (SSSR count). The predicted octanol–water partition coefficient (Wildman–Crippen LogP) is 1.10. The molecule has 2 saturated heterocycles. The number of nitrogens with one attached hydrogen (secondary N) is 5. The Morgan fingerprint density at radius 1 is 0.864 bits per heavy atom. The topological polar surface area (TPSA) is 179 Å². The summed E-state index contributed by atoms with van der Waals surface area (Å²) in [6, 6.07) is 3.06. The van der Waals surface area contributed by atoms with Crippen LogP contribution in [0.1, 0.15) is 65.4 Å². The Balaban J connectivity index is 1.74. The summed E-state index contributed by atoms with van der Waals surface area (Å²) in [5, 5.41) is 12.4. The number of H-pyrrole nitrogens is 1. The maximum Gasteiger partial charge on any atom is 0.246 e. The fourth-order valence-electron chi connectivity index (χ4n) is 6.09. The van der Waals surface area contributed by atoms with E-state index in [9.17, 15) is 24.0 Å². The van der Waals surface area contributed by atoms with E-state index < -0.39 is 53.8 Å². The van der Waals surface area contributed by atoms with E-state index in [4.69, 9.17) is 5.73 Å². The summed E-state index contributed by atoms with van der Waals surface area (Å²) in [5.41, 5.74) is 7.47. The number of nitrogens with zero attached hydrogens (tertiary/aromatic N) is 1. The zero-order chi connectivity index (χ0) is 32.0. The molecule has 240 valence electrons. The highest BCUT2D eigenvalue weighted by atomic mass is 16.2. The lowest BCUT2D eigenvalue weighted by molar-refractivity contribution is -0.143. The molecule has 0 unspecified atom stereocenters. The van der Waals surface area contributed by atoms with Crippen LogP contribution >= 0.6 is 0 Å². The largest absolute Gasteiger partial charge is 0.361 e. The van der Waals surface area contributed by atoms with Crippen LogP contribution in [-0.4, -0.2) is 82.7 Å². The normalized spacial score (nSPS) is 25.8. The number of benzene rings is 1. The summed E-state index contributed by atoms with van der Waals surface area (Å²) in [7, 11) is 0. The van der Waals surface area contributed by atoms with Crippen LogP contribution in [-0.2, 0) is 30.4 Å². The zero-order valence-electron chi connectivity index (χ0n) is 26.2. The highest BCUT2D eigenvalue weighted by Gasteiger charge is 2.41. The molecule has 5 amide bonds. The summed E-state index contributed by atoms with van der Waals surface area (Å²) in [4.78, 5) is 73.5. The standard InChI is InChI=1S/C32H47N7O5/c1-18(2)15-24-30(42)38-27(19(3)4)32(44)39-14-8-12-26(39)31(43)35-23(11-7-13-33)28(40)37-25(29(41)36-24)16-20-17-34-22-10-6-5-9-21(20)22/h5-6,9-10,17-19,23-27,34H,7-8,11-16,33H2,1-4H3,(H,35,43)(H,36,41)(H,37,40)(H,38,42)/t23-,24+,25-,26+,27-/m0/s1. The van der Waals surface area contributed by atoms with Crippen molar-refractivity contribution in [3.05, 3.63) is 36.0 Å². The Hall–Kier alpha value is -3.93. The van der Waals surface area contributed by atoms with Crippen molar-refractivity contribution in [1.82, 2.24) is 31.2 Å². The Kier molecular flexibility index (Phi) is 11.0. The van der Waals surface area contributed by atoms with Crippen molar-refractivity contribution in [3.63, 3.8) is 0 Å². The minimum atomic E-state index is -1.04. The average Bonchev–Trinajstić information content (AvgIpc) is 3.63. The molecule has 2 aliphatic rings. The van der Waals surface area contributed by atoms with Gasteiger partial charge in [-0.1, -0.05) is 45.9 Å². The zero-order valence-corrected chi connectivity index (χ0v) is 26.2. The number of hydrogen-bond donors (Lipinski definition) is 6. The lowest BCUT2D eigenvalue weighted by atomic mass is 9.98. The van der Waals surface area contributed by atoms with E-state index in [-0.39, 0.29) is 30.6 Å². The molecule has 0 aliphatic carbocycles. The Morgan fingerprint density at radius 2 is 1.52 bits per heavy atom. The molecule has 0 saturated carbocycles. The second kappa shape index (κ2) is 14.7. The van der Waals surface area contributed by atoms with E-state index in [1.165, 1.54) is 4.90 Å². The summed E-state index contributed by atoms with van der Waals surface area (Å²) < 4.78 is 0. The van der Waals surface area contributed by atoms with Gasteiger partial charge in [-0.3, -0.25) is 24.0 Å². The van der Waals surface area contributed by atoms with Crippen LogP contribution in [0.5, 0.6) is 0 Å². The summed E-state index contributed by atoms with van der Waals surface area (Å²) in [6.45, 7) is 8.24. The minimum absolute atomic E-state index is 0.0495. The van der Waals surface area contributed by atoms with Crippen molar-refractivity contribution < 1.29 is 24.0 Å². The smallest absolute Gasteiger partial charge is 0.246 e. The highest BCUT2D eigenvalue weighted by molar-refractivity contribution is 5.98. The van der Waals surface area contributed by atoms with Gasteiger partial charge in [0.1, 0.15) is 30.2 Å². The Labute approximate surface area is 258 Å². The quantitative estimate of drug-likeness (QED) is 0.261. The summed E-state index contributed by atoms with van der Waals surface area (Å²) in [6.07, 6.45) is 4.09. The number of para-hydroxylation sites is 1. The maximum atomic E-state index is 13.9. The number of nitrogens with two attached hydrogens (primary N) is 1. The summed E-state index contributed by atoms with van der Waals surface area (Å²) >= 11 is 0. The van der Waals surface area contributed by atoms with Crippen LogP contribution in [0.2, 0.25) is 0 Å². The number of aromatic nitrogens is 1. The molecule has 2 aromatic rings. The van der Waals surface area contributed by atoms with Crippen molar-refractivity contribution in [2.75, 3.05) is 13.1 Å². The SMILES string of the molecule is CC(C)C[C@H]1NC(=O)[C@H](Cc2c[nH]c3ccccc23)NC(=O)[C@H](CCCN)NC(=O)[C@H]2CCCN2C(=O)[C@H](C(C)C)NC1=O. The van der Waals surface area contributed by atoms with E-state index in [0.29, 0.717) is 38.8 Å². The molecular formula is C32H47N7O5. The molecule has 0 bridgehead atoms. The third-order valence-corrected chi connectivity index (χ3v) is 8.47. The van der Waals surface area contributed by atoms with Gasteiger partial charge < -0.3 is 36.9 Å². The van der Waals surface area contributed by atoms with Gasteiger partial charge in [0, 0.05) is 30.1 Å². The van der Waals surface area contributed by atoms with Gasteiger partial charge in [-0.15, -0.1) is 0 Å². The first kappa shape index (κ1) is 33.0. The average molecular weight is 610 g/mol. The van der Waals surface area contributed by atoms with Crippen LogP contribution in [0.3, 0.4) is 0 Å². The van der Waals surface area contributed by atoms with E-state index in [2.05, 4.69) is 26.3 Å². The van der Waals surface area contributed by atoms with Crippen LogP contribution in [0.15, 0.2) is 30.5 Å². The first-order chi connectivity index (χ1) is 21.0. The highest BCUT2D eigenvalue weighted by Crippen LogP contribution is 2.22. The van der Waals surface area contributed by atoms with Gasteiger partial charge in [0.15, 0.2) is 0 Å². The van der Waals surface area contributed by atoms with Gasteiger partial charge in [0.25, 0.3) is 0 Å². The third kappa shape index (κ3) is 7.77. The van der Waals surface area contributed by atoms with E-state index >= 15 is 0 Å². The van der Waals surface area contributed by atoms with Gasteiger partial charge in [0.05, 0.1) is 0 Å². The Bertz CT molecular complexity index is 1360. The van der Waals surface area contributed by atoms with Gasteiger partial charge in [-0.25, -0.2) is 0 Å². The van der Waals surface area contributed by atoms with Crippen LogP contribution in [0.4, 0.5) is 0 Å². The first-order valence-corrected chi connectivity index (χ1v) is 15.8. The molecule has 7 N–H and O–H groups in total. The van der Waals surface area contributed by atoms with E-state index in [1.807, 2.05) is 52.0 Å².